The van der Waals surface area contributed by atoms with E-state index in [9.17, 15) is 10.1 Å². The second kappa shape index (κ2) is 3.71. The van der Waals surface area contributed by atoms with Crippen LogP contribution in [0.25, 0.3) is 6.08 Å². The van der Waals surface area contributed by atoms with Gasteiger partial charge in [0.15, 0.2) is 0 Å². The Kier molecular flexibility index (Phi) is 2.64. The zero-order chi connectivity index (χ0) is 9.84. The molecule has 4 heteroatoms. The molecular formula is C9H9NO3. The van der Waals surface area contributed by atoms with Crippen LogP contribution in [-0.2, 0) is 0 Å². The Morgan fingerprint density at radius 2 is 2.00 bits per heavy atom. The van der Waals surface area contributed by atoms with Gasteiger partial charge in [-0.05, 0) is 17.7 Å². The molecule has 0 unspecified atom stereocenters. The summed E-state index contributed by atoms with van der Waals surface area (Å²) in [5.74, 6) is 0.149. The number of allylic oxidation sites excluding steroid dienone is 1. The van der Waals surface area contributed by atoms with Crippen LogP contribution < -0.4 is 0 Å². The maximum absolute atomic E-state index is 10.3. The van der Waals surface area contributed by atoms with Gasteiger partial charge in [-0.2, -0.15) is 0 Å². The Morgan fingerprint density at radius 3 is 2.46 bits per heavy atom. The first-order chi connectivity index (χ1) is 6.09. The summed E-state index contributed by atoms with van der Waals surface area (Å²) in [4.78, 5) is 9.81. The van der Waals surface area contributed by atoms with E-state index in [-0.39, 0.29) is 11.4 Å². The Balaban J connectivity index is 2.92. The Morgan fingerprint density at radius 1 is 1.46 bits per heavy atom. The van der Waals surface area contributed by atoms with Gasteiger partial charge in [0.2, 0.25) is 5.70 Å². The molecule has 0 saturated carbocycles. The monoisotopic (exact) mass is 179 g/mol. The maximum Gasteiger partial charge on any atom is 0.243 e. The van der Waals surface area contributed by atoms with E-state index in [1.165, 1.54) is 25.1 Å². The molecule has 1 N–H and O–H groups in total. The second-order valence-corrected chi connectivity index (χ2v) is 2.63. The lowest BCUT2D eigenvalue weighted by atomic mass is 10.2. The third-order valence-corrected chi connectivity index (χ3v) is 1.56. The van der Waals surface area contributed by atoms with Crippen molar-refractivity contribution in [2.45, 2.75) is 6.92 Å². The van der Waals surface area contributed by atoms with Crippen LogP contribution in [0.3, 0.4) is 0 Å². The molecule has 0 aliphatic rings. The second-order valence-electron chi connectivity index (χ2n) is 2.63. The van der Waals surface area contributed by atoms with Crippen molar-refractivity contribution in [3.05, 3.63) is 45.6 Å². The van der Waals surface area contributed by atoms with Gasteiger partial charge in [0.05, 0.1) is 4.92 Å². The molecule has 0 atom stereocenters. The van der Waals surface area contributed by atoms with Gasteiger partial charge in [0.25, 0.3) is 0 Å². The maximum atomic E-state index is 10.3. The van der Waals surface area contributed by atoms with Crippen LogP contribution in [0.1, 0.15) is 12.5 Å². The van der Waals surface area contributed by atoms with Crippen molar-refractivity contribution in [3.8, 4) is 5.75 Å². The topological polar surface area (TPSA) is 63.4 Å². The van der Waals surface area contributed by atoms with Crippen LogP contribution in [0.15, 0.2) is 30.0 Å². The van der Waals surface area contributed by atoms with Crippen LogP contribution >= 0.6 is 0 Å². The van der Waals surface area contributed by atoms with E-state index in [0.29, 0.717) is 5.56 Å². The zero-order valence-corrected chi connectivity index (χ0v) is 7.10. The first-order valence-electron chi connectivity index (χ1n) is 3.71. The van der Waals surface area contributed by atoms with Crippen LogP contribution in [0.2, 0.25) is 0 Å². The number of nitro groups is 1. The Hall–Kier alpha value is -1.84. The summed E-state index contributed by atoms with van der Waals surface area (Å²) in [5.41, 5.74) is 0.776. The highest BCUT2D eigenvalue weighted by atomic mass is 16.6. The molecule has 13 heavy (non-hydrogen) atoms. The highest BCUT2D eigenvalue weighted by molar-refractivity contribution is 5.51. The molecule has 0 fully saturated rings. The van der Waals surface area contributed by atoms with E-state index in [0.717, 1.165) is 0 Å². The summed E-state index contributed by atoms with van der Waals surface area (Å²) in [6.45, 7) is 1.42. The summed E-state index contributed by atoms with van der Waals surface area (Å²) in [7, 11) is 0. The SMILES string of the molecule is C/C(=C/c1ccc(O)cc1)[N+](=O)[O-]. The number of benzene rings is 1. The fourth-order valence-electron chi connectivity index (χ4n) is 0.864. The molecule has 0 heterocycles. The number of phenolic OH excluding ortho intramolecular Hbond substituents is 1. The third-order valence-electron chi connectivity index (χ3n) is 1.56. The fourth-order valence-corrected chi connectivity index (χ4v) is 0.864. The molecule has 0 aliphatic heterocycles. The largest absolute Gasteiger partial charge is 0.508 e. The zero-order valence-electron chi connectivity index (χ0n) is 7.10. The molecule has 68 valence electrons. The highest BCUT2D eigenvalue weighted by Gasteiger charge is 2.01. The van der Waals surface area contributed by atoms with Crippen molar-refractivity contribution < 1.29 is 10.0 Å². The minimum Gasteiger partial charge on any atom is -0.508 e. The number of hydrogen-bond acceptors (Lipinski definition) is 3. The predicted molar refractivity (Wildman–Crippen MR) is 48.8 cm³/mol. The molecule has 1 aromatic rings. The first kappa shape index (κ1) is 9.25. The number of phenols is 1. The van der Waals surface area contributed by atoms with Gasteiger partial charge in [0, 0.05) is 13.0 Å². The molecule has 4 nitrogen and oxygen atoms in total. The van der Waals surface area contributed by atoms with Gasteiger partial charge in [-0.15, -0.1) is 0 Å². The van der Waals surface area contributed by atoms with Crippen molar-refractivity contribution in [1.82, 2.24) is 0 Å². The normalized spacial score (nSPS) is 11.3. The number of rotatable bonds is 2. The predicted octanol–water partition coefficient (Wildman–Crippen LogP) is 2.03. The molecule has 0 aliphatic carbocycles. The quantitative estimate of drug-likeness (QED) is 0.558. The van der Waals surface area contributed by atoms with E-state index in [4.69, 9.17) is 5.11 Å². The van der Waals surface area contributed by atoms with E-state index < -0.39 is 4.92 Å². The fraction of sp³-hybridized carbons (Fsp3) is 0.111. The average molecular weight is 179 g/mol. The van der Waals surface area contributed by atoms with Gasteiger partial charge >= 0.3 is 0 Å². The molecule has 0 saturated heterocycles. The lowest BCUT2D eigenvalue weighted by Crippen LogP contribution is -1.92. The summed E-state index contributed by atoms with van der Waals surface area (Å²) in [6.07, 6.45) is 1.44. The Labute approximate surface area is 75.3 Å². The van der Waals surface area contributed by atoms with Crippen molar-refractivity contribution in [2.24, 2.45) is 0 Å². The van der Waals surface area contributed by atoms with Crippen LogP contribution in [0.4, 0.5) is 0 Å². The lowest BCUT2D eigenvalue weighted by molar-refractivity contribution is -0.422. The molecule has 0 bridgehead atoms. The minimum absolute atomic E-state index is 0.0747. The van der Waals surface area contributed by atoms with E-state index in [1.807, 2.05) is 0 Å². The lowest BCUT2D eigenvalue weighted by Gasteiger charge is -1.93. The number of hydrogen-bond donors (Lipinski definition) is 1. The van der Waals surface area contributed by atoms with Gasteiger partial charge < -0.3 is 5.11 Å². The van der Waals surface area contributed by atoms with Crippen molar-refractivity contribution in [2.75, 3.05) is 0 Å². The average Bonchev–Trinajstić information content (AvgIpc) is 2.08. The summed E-state index contributed by atoms with van der Waals surface area (Å²) in [6, 6.07) is 6.20. The van der Waals surface area contributed by atoms with Gasteiger partial charge in [-0.25, -0.2) is 0 Å². The van der Waals surface area contributed by atoms with Crippen molar-refractivity contribution in [3.63, 3.8) is 0 Å². The van der Waals surface area contributed by atoms with Crippen LogP contribution in [0.5, 0.6) is 5.75 Å². The molecule has 0 aromatic heterocycles. The van der Waals surface area contributed by atoms with Gasteiger partial charge in [-0.3, -0.25) is 10.1 Å². The van der Waals surface area contributed by atoms with E-state index >= 15 is 0 Å². The van der Waals surface area contributed by atoms with Gasteiger partial charge in [0.1, 0.15) is 5.75 Å². The molecule has 0 spiro atoms. The standard InChI is InChI=1S/C9H9NO3/c1-7(10(12)13)6-8-2-4-9(11)5-3-8/h2-6,11H,1H3/b7-6-. The first-order valence-corrected chi connectivity index (χ1v) is 3.71. The van der Waals surface area contributed by atoms with Crippen molar-refractivity contribution >= 4 is 6.08 Å². The summed E-state index contributed by atoms with van der Waals surface area (Å²) < 4.78 is 0. The van der Waals surface area contributed by atoms with Crippen LogP contribution in [0, 0.1) is 10.1 Å². The Bertz CT molecular complexity index is 340. The molecule has 0 amide bonds. The summed E-state index contributed by atoms with van der Waals surface area (Å²) in [5, 5.41) is 19.2. The molecule has 0 radical (unpaired) electrons. The minimum atomic E-state index is -0.452. The molecule has 1 aromatic carbocycles. The highest BCUT2D eigenvalue weighted by Crippen LogP contribution is 2.12. The number of aromatic hydroxyl groups is 1. The smallest absolute Gasteiger partial charge is 0.243 e. The molecule has 1 rings (SSSR count). The van der Waals surface area contributed by atoms with Crippen LogP contribution in [-0.4, -0.2) is 10.0 Å². The molecular weight excluding hydrogens is 170 g/mol. The van der Waals surface area contributed by atoms with E-state index in [2.05, 4.69) is 0 Å². The van der Waals surface area contributed by atoms with E-state index in [1.54, 1.807) is 12.1 Å². The third kappa shape index (κ3) is 2.59. The van der Waals surface area contributed by atoms with Crippen molar-refractivity contribution in [1.29, 1.82) is 0 Å². The summed E-state index contributed by atoms with van der Waals surface area (Å²) >= 11 is 0. The van der Waals surface area contributed by atoms with Gasteiger partial charge in [-0.1, -0.05) is 12.1 Å². The number of nitrogens with zero attached hydrogens (tertiary/aromatic N) is 1.